The second-order valence-electron chi connectivity index (χ2n) is 6.24. The van der Waals surface area contributed by atoms with Crippen molar-refractivity contribution in [3.05, 3.63) is 75.8 Å². The fourth-order valence-corrected chi connectivity index (χ4v) is 4.38. The molecule has 2 unspecified atom stereocenters. The molecule has 1 nitrogen and oxygen atoms in total. The fourth-order valence-electron chi connectivity index (χ4n) is 3.91. The predicted molar refractivity (Wildman–Crippen MR) is 93.4 cm³/mol. The maximum atomic E-state index is 6.49. The SMILES string of the molecule is C=C1c2ccc(Cl)c(Cl)c2C2CN(Cc3ccccc3)CC12. The van der Waals surface area contributed by atoms with Crippen LogP contribution in [0.1, 0.15) is 22.6 Å². The summed E-state index contributed by atoms with van der Waals surface area (Å²) in [5.41, 5.74) is 4.99. The van der Waals surface area contributed by atoms with Gasteiger partial charge >= 0.3 is 0 Å². The Morgan fingerprint density at radius 1 is 1.00 bits per heavy atom. The molecule has 3 heteroatoms. The lowest BCUT2D eigenvalue weighted by molar-refractivity contribution is 0.322. The third-order valence-corrected chi connectivity index (χ3v) is 5.76. The second kappa shape index (κ2) is 5.42. The summed E-state index contributed by atoms with van der Waals surface area (Å²) < 4.78 is 0. The van der Waals surface area contributed by atoms with Crippen LogP contribution in [-0.2, 0) is 6.54 Å². The van der Waals surface area contributed by atoms with Crippen LogP contribution in [0.25, 0.3) is 5.57 Å². The Kier molecular flexibility index (Phi) is 3.53. The van der Waals surface area contributed by atoms with E-state index in [-0.39, 0.29) is 0 Å². The monoisotopic (exact) mass is 329 g/mol. The molecule has 1 aliphatic carbocycles. The van der Waals surface area contributed by atoms with Gasteiger partial charge < -0.3 is 0 Å². The average Bonchev–Trinajstić information content (AvgIpc) is 3.03. The van der Waals surface area contributed by atoms with E-state index in [2.05, 4.69) is 47.9 Å². The summed E-state index contributed by atoms with van der Waals surface area (Å²) in [6.45, 7) is 7.37. The van der Waals surface area contributed by atoms with Crippen LogP contribution in [0.2, 0.25) is 10.0 Å². The molecular weight excluding hydrogens is 313 g/mol. The van der Waals surface area contributed by atoms with E-state index in [0.29, 0.717) is 16.9 Å². The van der Waals surface area contributed by atoms with Crippen molar-refractivity contribution in [1.82, 2.24) is 4.90 Å². The van der Waals surface area contributed by atoms with Crippen LogP contribution in [0.15, 0.2) is 49.0 Å². The largest absolute Gasteiger partial charge is 0.298 e. The van der Waals surface area contributed by atoms with Gasteiger partial charge in [-0.15, -0.1) is 0 Å². The highest BCUT2D eigenvalue weighted by Gasteiger charge is 2.43. The van der Waals surface area contributed by atoms with Gasteiger partial charge in [0.1, 0.15) is 0 Å². The zero-order valence-corrected chi connectivity index (χ0v) is 13.7. The molecular formula is C19H17Cl2N. The van der Waals surface area contributed by atoms with Crippen molar-refractivity contribution in [2.75, 3.05) is 13.1 Å². The van der Waals surface area contributed by atoms with Gasteiger partial charge in [0.15, 0.2) is 0 Å². The number of benzene rings is 2. The van der Waals surface area contributed by atoms with Gasteiger partial charge in [-0.05, 0) is 28.3 Å². The lowest BCUT2D eigenvalue weighted by Crippen LogP contribution is -2.21. The third kappa shape index (κ3) is 2.20. The number of likely N-dealkylation sites (tertiary alicyclic amines) is 1. The fraction of sp³-hybridized carbons (Fsp3) is 0.263. The molecule has 4 rings (SSSR count). The quantitative estimate of drug-likeness (QED) is 0.728. The van der Waals surface area contributed by atoms with Crippen LogP contribution in [0.5, 0.6) is 0 Å². The minimum atomic E-state index is 0.428. The Bertz CT molecular complexity index is 739. The van der Waals surface area contributed by atoms with E-state index in [9.17, 15) is 0 Å². The van der Waals surface area contributed by atoms with Gasteiger partial charge in [-0.3, -0.25) is 4.90 Å². The van der Waals surface area contributed by atoms with Crippen molar-refractivity contribution in [2.45, 2.75) is 12.5 Å². The Hall–Kier alpha value is -1.28. The van der Waals surface area contributed by atoms with E-state index in [1.807, 2.05) is 6.07 Å². The van der Waals surface area contributed by atoms with Crippen molar-refractivity contribution in [2.24, 2.45) is 5.92 Å². The molecule has 1 fully saturated rings. The zero-order chi connectivity index (χ0) is 15.3. The molecule has 22 heavy (non-hydrogen) atoms. The van der Waals surface area contributed by atoms with Gasteiger partial charge in [0.2, 0.25) is 0 Å². The van der Waals surface area contributed by atoms with E-state index in [4.69, 9.17) is 23.2 Å². The van der Waals surface area contributed by atoms with Crippen molar-refractivity contribution < 1.29 is 0 Å². The lowest BCUT2D eigenvalue weighted by Gasteiger charge is -2.18. The molecule has 0 saturated carbocycles. The Morgan fingerprint density at radius 2 is 1.73 bits per heavy atom. The molecule has 112 valence electrons. The van der Waals surface area contributed by atoms with Crippen molar-refractivity contribution in [3.63, 3.8) is 0 Å². The molecule has 0 amide bonds. The van der Waals surface area contributed by atoms with Gasteiger partial charge in [0.05, 0.1) is 10.0 Å². The number of rotatable bonds is 2. The maximum absolute atomic E-state index is 6.49. The lowest BCUT2D eigenvalue weighted by atomic mass is 9.95. The minimum absolute atomic E-state index is 0.428. The number of hydrogen-bond acceptors (Lipinski definition) is 1. The molecule has 2 atom stereocenters. The summed E-state index contributed by atoms with van der Waals surface area (Å²) in [7, 11) is 0. The molecule has 1 aliphatic heterocycles. The summed E-state index contributed by atoms with van der Waals surface area (Å²) >= 11 is 12.7. The smallest absolute Gasteiger partial charge is 0.0633 e. The highest BCUT2D eigenvalue weighted by Crippen LogP contribution is 2.52. The summed E-state index contributed by atoms with van der Waals surface area (Å²) in [5, 5.41) is 1.37. The molecule has 1 saturated heterocycles. The van der Waals surface area contributed by atoms with Crippen molar-refractivity contribution in [1.29, 1.82) is 0 Å². The Labute approximate surface area is 141 Å². The van der Waals surface area contributed by atoms with Gasteiger partial charge in [0, 0.05) is 31.5 Å². The normalized spacial score (nSPS) is 23.6. The van der Waals surface area contributed by atoms with Gasteiger partial charge in [-0.25, -0.2) is 0 Å². The highest BCUT2D eigenvalue weighted by molar-refractivity contribution is 6.42. The van der Waals surface area contributed by atoms with Crippen LogP contribution < -0.4 is 0 Å². The molecule has 0 bridgehead atoms. The third-order valence-electron chi connectivity index (χ3n) is 4.94. The van der Waals surface area contributed by atoms with Gasteiger partial charge in [-0.2, -0.15) is 0 Å². The van der Waals surface area contributed by atoms with Crippen LogP contribution in [-0.4, -0.2) is 18.0 Å². The van der Waals surface area contributed by atoms with E-state index < -0.39 is 0 Å². The van der Waals surface area contributed by atoms with Crippen LogP contribution in [0.4, 0.5) is 0 Å². The Balaban J connectivity index is 1.62. The molecule has 0 aromatic heterocycles. The van der Waals surface area contributed by atoms with Gasteiger partial charge in [0.25, 0.3) is 0 Å². The van der Waals surface area contributed by atoms with E-state index in [1.54, 1.807) is 0 Å². The molecule has 0 spiro atoms. The topological polar surface area (TPSA) is 3.24 Å². The first-order valence-corrected chi connectivity index (χ1v) is 8.34. The van der Waals surface area contributed by atoms with Crippen LogP contribution >= 0.6 is 23.2 Å². The summed E-state index contributed by atoms with van der Waals surface area (Å²) in [5.74, 6) is 0.895. The number of hydrogen-bond donors (Lipinski definition) is 0. The van der Waals surface area contributed by atoms with Crippen molar-refractivity contribution in [3.8, 4) is 0 Å². The maximum Gasteiger partial charge on any atom is 0.0633 e. The molecule has 0 N–H and O–H groups in total. The first kappa shape index (κ1) is 14.3. The standard InChI is InChI=1S/C19H17Cl2N/c1-12-14-7-8-17(20)19(21)18(14)16-11-22(10-15(12)16)9-13-5-3-2-4-6-13/h2-8,15-16H,1,9-11H2. The zero-order valence-electron chi connectivity index (χ0n) is 12.2. The predicted octanol–water partition coefficient (Wildman–Crippen LogP) is 5.24. The summed E-state index contributed by atoms with van der Waals surface area (Å²) in [4.78, 5) is 2.50. The molecule has 2 aromatic carbocycles. The van der Waals surface area contributed by atoms with E-state index >= 15 is 0 Å². The number of halogens is 2. The summed E-state index contributed by atoms with van der Waals surface area (Å²) in [6.07, 6.45) is 0. The average molecular weight is 330 g/mol. The van der Waals surface area contributed by atoms with Crippen LogP contribution in [0, 0.1) is 5.92 Å². The summed E-state index contributed by atoms with van der Waals surface area (Å²) in [6, 6.07) is 14.6. The number of nitrogens with zero attached hydrogens (tertiary/aromatic N) is 1. The second-order valence-corrected chi connectivity index (χ2v) is 7.03. The van der Waals surface area contributed by atoms with E-state index in [1.165, 1.54) is 22.3 Å². The highest BCUT2D eigenvalue weighted by atomic mass is 35.5. The van der Waals surface area contributed by atoms with Gasteiger partial charge in [-0.1, -0.05) is 66.2 Å². The molecule has 1 heterocycles. The molecule has 0 radical (unpaired) electrons. The first-order chi connectivity index (χ1) is 10.6. The first-order valence-electron chi connectivity index (χ1n) is 7.58. The van der Waals surface area contributed by atoms with E-state index in [0.717, 1.165) is 24.7 Å². The Morgan fingerprint density at radius 3 is 2.50 bits per heavy atom. The number of fused-ring (bicyclic) bond motifs is 3. The molecule has 2 aliphatic rings. The van der Waals surface area contributed by atoms with Crippen LogP contribution in [0.3, 0.4) is 0 Å². The minimum Gasteiger partial charge on any atom is -0.298 e. The van der Waals surface area contributed by atoms with Crippen molar-refractivity contribution >= 4 is 28.8 Å². The molecule has 2 aromatic rings.